The summed E-state index contributed by atoms with van der Waals surface area (Å²) in [5, 5.41) is 15.0. The van der Waals surface area contributed by atoms with Crippen molar-refractivity contribution in [1.82, 2.24) is 25.2 Å². The van der Waals surface area contributed by atoms with Crippen molar-refractivity contribution in [3.63, 3.8) is 0 Å². The van der Waals surface area contributed by atoms with E-state index in [9.17, 15) is 4.79 Å². The normalized spacial score (nSPS) is 11.1. The fourth-order valence-corrected chi connectivity index (χ4v) is 3.86. The van der Waals surface area contributed by atoms with Gasteiger partial charge in [0.1, 0.15) is 18.1 Å². The van der Waals surface area contributed by atoms with Crippen LogP contribution in [0.25, 0.3) is 10.2 Å². The predicted molar refractivity (Wildman–Crippen MR) is 118 cm³/mol. The van der Waals surface area contributed by atoms with Gasteiger partial charge in [-0.15, -0.1) is 5.10 Å². The zero-order valence-electron chi connectivity index (χ0n) is 17.4. The average Bonchev–Trinajstić information content (AvgIpc) is 3.39. The maximum atomic E-state index is 12.7. The second kappa shape index (κ2) is 9.09. The molecule has 0 aliphatic heterocycles. The molecule has 0 radical (unpaired) electrons. The Morgan fingerprint density at radius 3 is 2.81 bits per heavy atom. The lowest BCUT2D eigenvalue weighted by molar-refractivity contribution is 0.102. The van der Waals surface area contributed by atoms with Crippen molar-refractivity contribution in [2.24, 2.45) is 0 Å². The fourth-order valence-electron chi connectivity index (χ4n) is 2.97. The summed E-state index contributed by atoms with van der Waals surface area (Å²) < 4.78 is 14.0. The third kappa shape index (κ3) is 4.80. The smallest absolute Gasteiger partial charge is 0.257 e. The van der Waals surface area contributed by atoms with E-state index < -0.39 is 0 Å². The Morgan fingerprint density at radius 1 is 1.16 bits per heavy atom. The van der Waals surface area contributed by atoms with Gasteiger partial charge in [-0.1, -0.05) is 17.4 Å². The largest absolute Gasteiger partial charge is 0.494 e. The molecule has 10 heteroatoms. The number of carbonyl (C=O) groups excluding carboxylic acids is 1. The minimum Gasteiger partial charge on any atom is -0.494 e. The molecule has 1 N–H and O–H groups in total. The number of benzene rings is 2. The third-order valence-electron chi connectivity index (χ3n) is 4.41. The van der Waals surface area contributed by atoms with Crippen LogP contribution in [0.5, 0.6) is 11.5 Å². The van der Waals surface area contributed by atoms with E-state index >= 15 is 0 Å². The molecule has 0 atom stereocenters. The molecule has 0 saturated heterocycles. The van der Waals surface area contributed by atoms with E-state index in [2.05, 4.69) is 25.8 Å². The van der Waals surface area contributed by atoms with E-state index in [1.807, 2.05) is 39.0 Å². The molecule has 0 bridgehead atoms. The van der Waals surface area contributed by atoms with Crippen molar-refractivity contribution in [3.8, 4) is 11.5 Å². The molecule has 9 nitrogen and oxygen atoms in total. The van der Waals surface area contributed by atoms with Crippen LogP contribution in [0.2, 0.25) is 0 Å². The van der Waals surface area contributed by atoms with Gasteiger partial charge in [0.15, 0.2) is 11.0 Å². The monoisotopic (exact) mass is 438 g/mol. The predicted octanol–water partition coefficient (Wildman–Crippen LogP) is 4.09. The lowest BCUT2D eigenvalue weighted by atomic mass is 10.2. The molecule has 2 aromatic carbocycles. The van der Waals surface area contributed by atoms with Crippen LogP contribution in [0, 0.1) is 0 Å². The number of anilines is 1. The highest BCUT2D eigenvalue weighted by atomic mass is 32.1. The van der Waals surface area contributed by atoms with E-state index in [0.717, 1.165) is 16.0 Å². The first kappa shape index (κ1) is 20.7. The maximum Gasteiger partial charge on any atom is 0.257 e. The van der Waals surface area contributed by atoms with Gasteiger partial charge < -0.3 is 9.47 Å². The molecule has 0 aliphatic carbocycles. The number of fused-ring (bicyclic) bond motifs is 1. The number of ether oxygens (including phenoxy) is 2. The maximum absolute atomic E-state index is 12.7. The Balaban J connectivity index is 1.44. The standard InChI is InChI=1S/C21H22N6O3S/c1-4-29-16-8-9-17-18(11-16)31-21(22-17)23-20(28)14-6-5-7-15(10-14)30-12-19-24-25-26-27(19)13(2)3/h5-11,13H,4,12H2,1-3H3,(H,22,23,28). The van der Waals surface area contributed by atoms with Crippen LogP contribution in [0.3, 0.4) is 0 Å². The number of aromatic nitrogens is 5. The lowest BCUT2D eigenvalue weighted by Gasteiger charge is -2.10. The van der Waals surface area contributed by atoms with E-state index in [4.69, 9.17) is 9.47 Å². The summed E-state index contributed by atoms with van der Waals surface area (Å²) in [6, 6.07) is 12.8. The number of carbonyl (C=O) groups is 1. The van der Waals surface area contributed by atoms with Gasteiger partial charge in [0.05, 0.1) is 22.9 Å². The third-order valence-corrected chi connectivity index (χ3v) is 5.34. The van der Waals surface area contributed by atoms with Crippen LogP contribution in [0.15, 0.2) is 42.5 Å². The highest BCUT2D eigenvalue weighted by Gasteiger charge is 2.13. The zero-order valence-corrected chi connectivity index (χ0v) is 18.2. The van der Waals surface area contributed by atoms with E-state index in [0.29, 0.717) is 28.9 Å². The van der Waals surface area contributed by atoms with Gasteiger partial charge in [0.2, 0.25) is 0 Å². The van der Waals surface area contributed by atoms with Gasteiger partial charge in [0, 0.05) is 5.56 Å². The van der Waals surface area contributed by atoms with Gasteiger partial charge in [-0.25, -0.2) is 9.67 Å². The molecule has 4 aromatic rings. The fraction of sp³-hybridized carbons (Fsp3) is 0.286. The second-order valence-electron chi connectivity index (χ2n) is 6.99. The Morgan fingerprint density at radius 2 is 2.00 bits per heavy atom. The van der Waals surface area contributed by atoms with Crippen LogP contribution >= 0.6 is 11.3 Å². The number of tetrazole rings is 1. The first-order valence-electron chi connectivity index (χ1n) is 9.88. The highest BCUT2D eigenvalue weighted by molar-refractivity contribution is 7.22. The Hall–Kier alpha value is -3.53. The summed E-state index contributed by atoms with van der Waals surface area (Å²) in [5.74, 6) is 1.69. The van der Waals surface area contributed by atoms with Gasteiger partial charge in [-0.3, -0.25) is 10.1 Å². The summed E-state index contributed by atoms with van der Waals surface area (Å²) >= 11 is 1.40. The Kier molecular flexibility index (Phi) is 6.08. The second-order valence-corrected chi connectivity index (χ2v) is 8.02. The quantitative estimate of drug-likeness (QED) is 0.442. The van der Waals surface area contributed by atoms with Crippen molar-refractivity contribution >= 4 is 32.6 Å². The number of hydrogen-bond donors (Lipinski definition) is 1. The van der Waals surface area contributed by atoms with Gasteiger partial charge >= 0.3 is 0 Å². The molecule has 2 aromatic heterocycles. The number of nitrogens with one attached hydrogen (secondary N) is 1. The molecular formula is C21H22N6O3S. The average molecular weight is 439 g/mol. The van der Waals surface area contributed by atoms with Crippen molar-refractivity contribution in [1.29, 1.82) is 0 Å². The summed E-state index contributed by atoms with van der Waals surface area (Å²) in [6.07, 6.45) is 0. The zero-order chi connectivity index (χ0) is 21.8. The van der Waals surface area contributed by atoms with Crippen LogP contribution in [-0.4, -0.2) is 37.7 Å². The van der Waals surface area contributed by atoms with E-state index in [-0.39, 0.29) is 18.6 Å². The van der Waals surface area contributed by atoms with Gasteiger partial charge in [0.25, 0.3) is 5.91 Å². The molecule has 160 valence electrons. The summed E-state index contributed by atoms with van der Waals surface area (Å²) in [7, 11) is 0. The number of thiazole rings is 1. The van der Waals surface area contributed by atoms with Crippen molar-refractivity contribution in [3.05, 3.63) is 53.9 Å². The molecule has 0 unspecified atom stereocenters. The molecule has 2 heterocycles. The molecular weight excluding hydrogens is 416 g/mol. The highest BCUT2D eigenvalue weighted by Crippen LogP contribution is 2.29. The Labute approximate surface area is 183 Å². The Bertz CT molecular complexity index is 1200. The lowest BCUT2D eigenvalue weighted by Crippen LogP contribution is -2.12. The van der Waals surface area contributed by atoms with E-state index in [1.54, 1.807) is 28.9 Å². The van der Waals surface area contributed by atoms with E-state index in [1.165, 1.54) is 11.3 Å². The molecule has 31 heavy (non-hydrogen) atoms. The summed E-state index contributed by atoms with van der Waals surface area (Å²) in [6.45, 7) is 6.72. The molecule has 0 spiro atoms. The van der Waals surface area contributed by atoms with Crippen molar-refractivity contribution in [2.45, 2.75) is 33.4 Å². The van der Waals surface area contributed by atoms with Gasteiger partial charge in [-0.2, -0.15) is 0 Å². The number of nitrogens with zero attached hydrogens (tertiary/aromatic N) is 5. The topological polar surface area (TPSA) is 104 Å². The van der Waals surface area contributed by atoms with Crippen LogP contribution < -0.4 is 14.8 Å². The van der Waals surface area contributed by atoms with Crippen LogP contribution in [0.4, 0.5) is 5.13 Å². The van der Waals surface area contributed by atoms with Crippen molar-refractivity contribution < 1.29 is 14.3 Å². The minimum atomic E-state index is -0.262. The minimum absolute atomic E-state index is 0.129. The summed E-state index contributed by atoms with van der Waals surface area (Å²) in [4.78, 5) is 17.2. The molecule has 0 fully saturated rings. The van der Waals surface area contributed by atoms with Crippen molar-refractivity contribution in [2.75, 3.05) is 11.9 Å². The molecule has 0 aliphatic rings. The number of amides is 1. The SMILES string of the molecule is CCOc1ccc2nc(NC(=O)c3cccc(OCc4nnnn4C(C)C)c3)sc2c1. The number of rotatable bonds is 8. The molecule has 4 rings (SSSR count). The first-order valence-corrected chi connectivity index (χ1v) is 10.7. The van der Waals surface area contributed by atoms with Gasteiger partial charge in [-0.05, 0) is 67.6 Å². The molecule has 0 saturated carbocycles. The van der Waals surface area contributed by atoms with Crippen LogP contribution in [0.1, 0.15) is 43.0 Å². The molecule has 1 amide bonds. The summed E-state index contributed by atoms with van der Waals surface area (Å²) in [5.41, 5.74) is 1.28. The number of hydrogen-bond acceptors (Lipinski definition) is 8. The van der Waals surface area contributed by atoms with Crippen LogP contribution in [-0.2, 0) is 6.61 Å². The first-order chi connectivity index (χ1) is 15.0.